The summed E-state index contributed by atoms with van der Waals surface area (Å²) in [6.45, 7) is 0.289. The lowest BCUT2D eigenvalue weighted by molar-refractivity contribution is 0.0697. The van der Waals surface area contributed by atoms with Crippen LogP contribution in [0, 0.1) is 11.6 Å². The third-order valence-electron chi connectivity index (χ3n) is 4.77. The van der Waals surface area contributed by atoms with Crippen LogP contribution < -0.4 is 0 Å². The number of benzene rings is 1. The van der Waals surface area contributed by atoms with Crippen LogP contribution in [0.15, 0.2) is 59.9 Å². The second-order valence-electron chi connectivity index (χ2n) is 6.63. The van der Waals surface area contributed by atoms with Crippen LogP contribution in [0.1, 0.15) is 10.4 Å². The number of hydrogen-bond acceptors (Lipinski definition) is 5. The number of nitrogens with zero attached hydrogens (tertiary/aromatic N) is 5. The van der Waals surface area contributed by atoms with Crippen molar-refractivity contribution in [3.63, 3.8) is 0 Å². The molecule has 0 saturated carbocycles. The Kier molecular flexibility index (Phi) is 5.31. The van der Waals surface area contributed by atoms with E-state index in [4.69, 9.17) is 0 Å². The molecule has 1 aromatic carbocycles. The highest BCUT2D eigenvalue weighted by atomic mass is 32.2. The van der Waals surface area contributed by atoms with Crippen molar-refractivity contribution in [3.05, 3.63) is 72.2 Å². The summed E-state index contributed by atoms with van der Waals surface area (Å²) in [5, 5.41) is 4.07. The van der Waals surface area contributed by atoms with Gasteiger partial charge in [0.2, 0.25) is 10.0 Å². The number of carbonyl (C=O) groups excluding carboxylic acids is 1. The minimum Gasteiger partial charge on any atom is -0.336 e. The Morgan fingerprint density at radius 1 is 1.03 bits per heavy atom. The van der Waals surface area contributed by atoms with Gasteiger partial charge in [0.05, 0.1) is 5.56 Å². The van der Waals surface area contributed by atoms with Crippen LogP contribution in [-0.4, -0.2) is 64.5 Å². The molecule has 2 aromatic heterocycles. The van der Waals surface area contributed by atoms with Gasteiger partial charge in [0, 0.05) is 50.8 Å². The highest BCUT2D eigenvalue weighted by Gasteiger charge is 2.32. The average Bonchev–Trinajstić information content (AvgIpc) is 3.28. The summed E-state index contributed by atoms with van der Waals surface area (Å²) >= 11 is 0. The Labute approximate surface area is 171 Å². The fourth-order valence-electron chi connectivity index (χ4n) is 3.19. The predicted octanol–water partition coefficient (Wildman–Crippen LogP) is 1.69. The van der Waals surface area contributed by atoms with Gasteiger partial charge in [-0.2, -0.15) is 9.40 Å². The molecule has 1 fully saturated rings. The van der Waals surface area contributed by atoms with Gasteiger partial charge in [-0.15, -0.1) is 0 Å². The molecule has 0 N–H and O–H groups in total. The Bertz CT molecular complexity index is 1160. The second kappa shape index (κ2) is 7.92. The van der Waals surface area contributed by atoms with Crippen molar-refractivity contribution < 1.29 is 22.0 Å². The molecule has 3 heterocycles. The maximum atomic E-state index is 13.9. The normalized spacial score (nSPS) is 15.3. The Morgan fingerprint density at radius 2 is 1.80 bits per heavy atom. The third-order valence-corrected chi connectivity index (χ3v) is 6.70. The van der Waals surface area contributed by atoms with Crippen LogP contribution in [0.3, 0.4) is 0 Å². The van der Waals surface area contributed by atoms with Crippen LogP contribution in [0.2, 0.25) is 0 Å². The first-order valence-corrected chi connectivity index (χ1v) is 10.5. The molecule has 30 heavy (non-hydrogen) atoms. The van der Waals surface area contributed by atoms with Crippen LogP contribution in [0.4, 0.5) is 8.78 Å². The van der Waals surface area contributed by atoms with Crippen molar-refractivity contribution in [2.75, 3.05) is 26.2 Å². The smallest absolute Gasteiger partial charge is 0.255 e. The molecule has 1 saturated heterocycles. The zero-order valence-corrected chi connectivity index (χ0v) is 16.5. The fraction of sp³-hybridized carbons (Fsp3) is 0.211. The van der Waals surface area contributed by atoms with Gasteiger partial charge in [-0.25, -0.2) is 26.9 Å². The van der Waals surface area contributed by atoms with Gasteiger partial charge in [0.25, 0.3) is 5.91 Å². The standard InChI is InChI=1S/C19H17F2N5O3S/c20-15-3-4-17(16(21)12-15)30(28,29)25-10-8-24(9-11-25)19(27)14-2-5-18(22-13-14)26-7-1-6-23-26/h1-7,12-13H,8-11H2. The SMILES string of the molecule is O=C(c1ccc(-n2cccn2)nc1)N1CCN(S(=O)(=O)c2ccc(F)cc2F)CC1. The van der Waals surface area contributed by atoms with E-state index in [1.54, 1.807) is 35.3 Å². The lowest BCUT2D eigenvalue weighted by Crippen LogP contribution is -2.50. The van der Waals surface area contributed by atoms with E-state index in [-0.39, 0.29) is 32.1 Å². The first-order valence-electron chi connectivity index (χ1n) is 9.07. The molecule has 0 aliphatic carbocycles. The number of piperazine rings is 1. The molecular weight excluding hydrogens is 416 g/mol. The van der Waals surface area contributed by atoms with Gasteiger partial charge in [-0.3, -0.25) is 4.79 Å². The summed E-state index contributed by atoms with van der Waals surface area (Å²) in [7, 11) is -4.12. The maximum absolute atomic E-state index is 13.9. The lowest BCUT2D eigenvalue weighted by Gasteiger charge is -2.34. The number of halogens is 2. The molecule has 1 aliphatic rings. The van der Waals surface area contributed by atoms with Crippen LogP contribution >= 0.6 is 0 Å². The van der Waals surface area contributed by atoms with Crippen molar-refractivity contribution in [2.24, 2.45) is 0 Å². The molecule has 0 unspecified atom stereocenters. The molecule has 4 rings (SSSR count). The minimum absolute atomic E-state index is 0.00366. The zero-order valence-electron chi connectivity index (χ0n) is 15.6. The summed E-state index contributed by atoms with van der Waals surface area (Å²) in [6, 6.07) is 7.39. The third kappa shape index (κ3) is 3.81. The van der Waals surface area contributed by atoms with E-state index < -0.39 is 26.6 Å². The number of amides is 1. The predicted molar refractivity (Wildman–Crippen MR) is 102 cm³/mol. The minimum atomic E-state index is -4.12. The number of pyridine rings is 1. The molecule has 8 nitrogen and oxygen atoms in total. The van der Waals surface area contributed by atoms with Gasteiger partial charge < -0.3 is 4.90 Å². The van der Waals surface area contributed by atoms with Crippen molar-refractivity contribution in [3.8, 4) is 5.82 Å². The highest BCUT2D eigenvalue weighted by molar-refractivity contribution is 7.89. The summed E-state index contributed by atoms with van der Waals surface area (Å²) in [5.74, 6) is -1.71. The van der Waals surface area contributed by atoms with E-state index in [1.807, 2.05) is 0 Å². The van der Waals surface area contributed by atoms with Gasteiger partial charge in [0.1, 0.15) is 16.5 Å². The van der Waals surface area contributed by atoms with Gasteiger partial charge >= 0.3 is 0 Å². The molecule has 0 bridgehead atoms. The van der Waals surface area contributed by atoms with Crippen molar-refractivity contribution in [1.29, 1.82) is 0 Å². The monoisotopic (exact) mass is 433 g/mol. The number of carbonyl (C=O) groups is 1. The first-order chi connectivity index (χ1) is 14.4. The molecule has 11 heteroatoms. The number of hydrogen-bond donors (Lipinski definition) is 0. The molecule has 0 atom stereocenters. The summed E-state index contributed by atoms with van der Waals surface area (Å²) in [4.78, 5) is 17.9. The number of sulfonamides is 1. The average molecular weight is 433 g/mol. The first kappa shape index (κ1) is 20.1. The number of rotatable bonds is 4. The molecule has 3 aromatic rings. The van der Waals surface area contributed by atoms with Crippen molar-refractivity contribution in [2.45, 2.75) is 4.90 Å². The summed E-state index contributed by atoms with van der Waals surface area (Å²) in [5.41, 5.74) is 0.367. The molecular formula is C19H17F2N5O3S. The second-order valence-corrected chi connectivity index (χ2v) is 8.53. The topological polar surface area (TPSA) is 88.4 Å². The van der Waals surface area contributed by atoms with E-state index in [2.05, 4.69) is 10.1 Å². The molecule has 1 aliphatic heterocycles. The van der Waals surface area contributed by atoms with E-state index >= 15 is 0 Å². The highest BCUT2D eigenvalue weighted by Crippen LogP contribution is 2.22. The summed E-state index contributed by atoms with van der Waals surface area (Å²) < 4.78 is 55.0. The van der Waals surface area contributed by atoms with Gasteiger partial charge in [0.15, 0.2) is 5.82 Å². The number of aromatic nitrogens is 3. The van der Waals surface area contributed by atoms with E-state index in [0.29, 0.717) is 17.4 Å². The quantitative estimate of drug-likeness (QED) is 0.625. The Morgan fingerprint density at radius 3 is 2.40 bits per heavy atom. The lowest BCUT2D eigenvalue weighted by atomic mass is 10.2. The van der Waals surface area contributed by atoms with Gasteiger partial charge in [-0.1, -0.05) is 0 Å². The van der Waals surface area contributed by atoms with Gasteiger partial charge in [-0.05, 0) is 30.3 Å². The summed E-state index contributed by atoms with van der Waals surface area (Å²) in [6.07, 6.45) is 4.79. The van der Waals surface area contributed by atoms with Crippen molar-refractivity contribution >= 4 is 15.9 Å². The van der Waals surface area contributed by atoms with Crippen LogP contribution in [0.5, 0.6) is 0 Å². The van der Waals surface area contributed by atoms with E-state index in [0.717, 1.165) is 16.4 Å². The molecule has 1 amide bonds. The molecule has 156 valence electrons. The van der Waals surface area contributed by atoms with E-state index in [1.165, 1.54) is 11.1 Å². The van der Waals surface area contributed by atoms with Crippen LogP contribution in [-0.2, 0) is 10.0 Å². The van der Waals surface area contributed by atoms with E-state index in [9.17, 15) is 22.0 Å². The Hall–Kier alpha value is -3.18. The largest absolute Gasteiger partial charge is 0.336 e. The van der Waals surface area contributed by atoms with Crippen LogP contribution in [0.25, 0.3) is 5.82 Å². The molecule has 0 spiro atoms. The maximum Gasteiger partial charge on any atom is 0.255 e. The van der Waals surface area contributed by atoms with Crippen molar-refractivity contribution in [1.82, 2.24) is 24.0 Å². The fourth-order valence-corrected chi connectivity index (χ4v) is 4.66. The Balaban J connectivity index is 1.43. The molecule has 0 radical (unpaired) electrons. The zero-order chi connectivity index (χ0) is 21.3.